The van der Waals surface area contributed by atoms with Gasteiger partial charge in [0.2, 0.25) is 5.88 Å². The summed E-state index contributed by atoms with van der Waals surface area (Å²) >= 11 is 15.0. The molecule has 0 aromatic carbocycles. The predicted octanol–water partition coefficient (Wildman–Crippen LogP) is 4.59. The fourth-order valence-corrected chi connectivity index (χ4v) is 4.96. The normalized spacial score (nSPS) is 12.4. The van der Waals surface area contributed by atoms with Crippen LogP contribution in [-0.2, 0) is 6.42 Å². The maximum absolute atomic E-state index is 6.41. The Kier molecular flexibility index (Phi) is 5.00. The van der Waals surface area contributed by atoms with Gasteiger partial charge in [-0.3, -0.25) is 0 Å². The first-order valence-electron chi connectivity index (χ1n) is 5.04. The molecule has 0 bridgehead atoms. The number of nitrogens with zero attached hydrogens (tertiary/aromatic N) is 2. The van der Waals surface area contributed by atoms with Crippen molar-refractivity contribution in [3.63, 3.8) is 0 Å². The second-order valence-electron chi connectivity index (χ2n) is 3.50. The Labute approximate surface area is 131 Å². The highest BCUT2D eigenvalue weighted by Gasteiger charge is 2.16. The van der Waals surface area contributed by atoms with Gasteiger partial charge in [0.15, 0.2) is 0 Å². The van der Waals surface area contributed by atoms with Crippen molar-refractivity contribution in [1.29, 1.82) is 0 Å². The van der Waals surface area contributed by atoms with Gasteiger partial charge in [0.1, 0.15) is 6.33 Å². The first-order valence-corrected chi connectivity index (χ1v) is 7.87. The van der Waals surface area contributed by atoms with Gasteiger partial charge in [-0.2, -0.15) is 0 Å². The second-order valence-corrected chi connectivity index (χ2v) is 7.78. The van der Waals surface area contributed by atoms with Crippen LogP contribution in [0.5, 0.6) is 5.88 Å². The van der Waals surface area contributed by atoms with Crippen LogP contribution in [0.2, 0.25) is 0 Å². The molecule has 0 fully saturated rings. The molecule has 0 aliphatic carbocycles. The van der Waals surface area contributed by atoms with Crippen LogP contribution < -0.4 is 4.74 Å². The molecule has 3 nitrogen and oxygen atoms in total. The molecular weight excluding hydrogens is 403 g/mol. The molecule has 0 radical (unpaired) electrons. The van der Waals surface area contributed by atoms with Gasteiger partial charge in [-0.1, -0.05) is 0 Å². The Morgan fingerprint density at radius 3 is 2.78 bits per heavy atom. The molecule has 0 amide bonds. The second kappa shape index (κ2) is 6.32. The summed E-state index contributed by atoms with van der Waals surface area (Å²) in [5.41, 5.74) is 1.92. The summed E-state index contributed by atoms with van der Waals surface area (Å²) in [4.78, 5) is 8.16. The van der Waals surface area contributed by atoms with Crippen LogP contribution in [0.3, 0.4) is 0 Å². The Morgan fingerprint density at radius 1 is 1.39 bits per heavy atom. The monoisotopic (exact) mass is 410 g/mol. The van der Waals surface area contributed by atoms with Gasteiger partial charge in [0, 0.05) is 18.2 Å². The van der Waals surface area contributed by atoms with Crippen LogP contribution in [0, 0.1) is 0 Å². The molecule has 2 aromatic rings. The van der Waals surface area contributed by atoms with E-state index in [9.17, 15) is 0 Å². The average Bonchev–Trinajstić information content (AvgIpc) is 2.69. The number of hydrogen-bond acceptors (Lipinski definition) is 4. The number of methoxy groups -OCH3 is 1. The lowest BCUT2D eigenvalue weighted by Gasteiger charge is -2.08. The third-order valence-corrected chi connectivity index (χ3v) is 5.09. The van der Waals surface area contributed by atoms with Crippen molar-refractivity contribution >= 4 is 54.8 Å². The van der Waals surface area contributed by atoms with Gasteiger partial charge in [0.25, 0.3) is 0 Å². The lowest BCUT2D eigenvalue weighted by Crippen LogP contribution is -1.99. The zero-order chi connectivity index (χ0) is 13.1. The first kappa shape index (κ1) is 14.2. The molecule has 1 unspecified atom stereocenters. The van der Waals surface area contributed by atoms with E-state index in [0.29, 0.717) is 12.3 Å². The third-order valence-electron chi connectivity index (χ3n) is 2.32. The molecule has 1 atom stereocenters. The Hall–Kier alpha value is -0.170. The summed E-state index contributed by atoms with van der Waals surface area (Å²) < 4.78 is 7.15. The number of rotatable bonds is 4. The molecule has 96 valence electrons. The van der Waals surface area contributed by atoms with Crippen molar-refractivity contribution < 1.29 is 4.74 Å². The highest BCUT2D eigenvalue weighted by atomic mass is 79.9. The number of alkyl halides is 1. The topological polar surface area (TPSA) is 35.0 Å². The van der Waals surface area contributed by atoms with Gasteiger partial charge in [-0.15, -0.1) is 22.9 Å². The van der Waals surface area contributed by atoms with E-state index in [1.54, 1.807) is 24.5 Å². The number of thiophene rings is 1. The minimum Gasteiger partial charge on any atom is -0.481 e. The molecule has 0 spiro atoms. The summed E-state index contributed by atoms with van der Waals surface area (Å²) in [5.74, 6) is 0.550. The molecule has 0 aliphatic rings. The molecule has 18 heavy (non-hydrogen) atoms. The van der Waals surface area contributed by atoms with Crippen molar-refractivity contribution in [3.05, 3.63) is 37.3 Å². The van der Waals surface area contributed by atoms with E-state index in [1.807, 2.05) is 6.07 Å². The predicted molar refractivity (Wildman–Crippen MR) is 80.6 cm³/mol. The van der Waals surface area contributed by atoms with Gasteiger partial charge in [-0.05, 0) is 43.5 Å². The van der Waals surface area contributed by atoms with Crippen LogP contribution in [0.4, 0.5) is 0 Å². The molecule has 2 heterocycles. The number of aromatic nitrogens is 2. The summed E-state index contributed by atoms with van der Waals surface area (Å²) in [5, 5.41) is -0.137. The van der Waals surface area contributed by atoms with E-state index in [0.717, 1.165) is 18.8 Å². The minimum atomic E-state index is -0.137. The van der Waals surface area contributed by atoms with Gasteiger partial charge >= 0.3 is 0 Å². The number of halogens is 3. The van der Waals surface area contributed by atoms with Crippen molar-refractivity contribution in [1.82, 2.24) is 9.97 Å². The summed E-state index contributed by atoms with van der Waals surface area (Å²) in [6, 6.07) is 3.82. The van der Waals surface area contributed by atoms with Crippen LogP contribution in [0.1, 0.15) is 16.6 Å². The van der Waals surface area contributed by atoms with Gasteiger partial charge in [0.05, 0.1) is 20.1 Å². The van der Waals surface area contributed by atoms with Crippen LogP contribution in [0.25, 0.3) is 0 Å². The van der Waals surface area contributed by atoms with Crippen molar-refractivity contribution in [2.24, 2.45) is 0 Å². The highest BCUT2D eigenvalue weighted by Crippen LogP contribution is 2.39. The van der Waals surface area contributed by atoms with Gasteiger partial charge < -0.3 is 4.74 Å². The third kappa shape index (κ3) is 3.44. The van der Waals surface area contributed by atoms with E-state index in [2.05, 4.69) is 41.8 Å². The number of hydrogen-bond donors (Lipinski definition) is 0. The van der Waals surface area contributed by atoms with Gasteiger partial charge in [-0.25, -0.2) is 9.97 Å². The molecule has 2 aromatic heterocycles. The lowest BCUT2D eigenvalue weighted by molar-refractivity contribution is 0.396. The fraction of sp³-hybridized carbons (Fsp3) is 0.273. The smallest absolute Gasteiger partial charge is 0.216 e. The van der Waals surface area contributed by atoms with Crippen LogP contribution in [-0.4, -0.2) is 17.1 Å². The maximum atomic E-state index is 6.41. The molecule has 0 aliphatic heterocycles. The largest absolute Gasteiger partial charge is 0.481 e. The average molecular weight is 413 g/mol. The highest BCUT2D eigenvalue weighted by molar-refractivity contribution is 9.12. The van der Waals surface area contributed by atoms with Crippen LogP contribution >= 0.6 is 54.8 Å². The quantitative estimate of drug-likeness (QED) is 0.689. The lowest BCUT2D eigenvalue weighted by atomic mass is 10.1. The summed E-state index contributed by atoms with van der Waals surface area (Å²) in [6.45, 7) is 0. The van der Waals surface area contributed by atoms with Crippen molar-refractivity contribution in [3.8, 4) is 5.88 Å². The zero-order valence-corrected chi connectivity index (χ0v) is 14.1. The fourth-order valence-electron chi connectivity index (χ4n) is 1.46. The molecule has 7 heteroatoms. The number of ether oxygens (including phenoxy) is 1. The summed E-state index contributed by atoms with van der Waals surface area (Å²) in [7, 11) is 1.58. The molecule has 0 N–H and O–H groups in total. The van der Waals surface area contributed by atoms with Crippen molar-refractivity contribution in [2.75, 3.05) is 7.11 Å². The van der Waals surface area contributed by atoms with Crippen LogP contribution in [0.15, 0.2) is 26.0 Å². The van der Waals surface area contributed by atoms with E-state index in [-0.39, 0.29) is 5.38 Å². The van der Waals surface area contributed by atoms with E-state index in [4.69, 9.17) is 16.3 Å². The Bertz CT molecular complexity index is 550. The molecular formula is C11H9Br2ClN2OS. The zero-order valence-electron chi connectivity index (χ0n) is 9.36. The van der Waals surface area contributed by atoms with E-state index >= 15 is 0 Å². The standard InChI is InChI=1S/C11H9Br2ClN2OS/c1-17-10-3-6(15-5-16-10)2-8(14)7-4-9(12)18-11(7)13/h3-5,8H,2H2,1H3. The Morgan fingerprint density at radius 2 is 2.17 bits per heavy atom. The van der Waals surface area contributed by atoms with Crippen molar-refractivity contribution in [2.45, 2.75) is 11.8 Å². The molecule has 2 rings (SSSR count). The summed E-state index contributed by atoms with van der Waals surface area (Å²) in [6.07, 6.45) is 2.11. The first-order chi connectivity index (χ1) is 8.60. The maximum Gasteiger partial charge on any atom is 0.216 e. The molecule has 0 saturated heterocycles. The molecule has 0 saturated carbocycles. The van der Waals surface area contributed by atoms with E-state index in [1.165, 1.54) is 6.33 Å². The van der Waals surface area contributed by atoms with E-state index < -0.39 is 0 Å². The minimum absolute atomic E-state index is 0.137. The SMILES string of the molecule is COc1cc(CC(Cl)c2cc(Br)sc2Br)ncn1. The Balaban J connectivity index is 2.15.